The van der Waals surface area contributed by atoms with Gasteiger partial charge in [0.25, 0.3) is 0 Å². The summed E-state index contributed by atoms with van der Waals surface area (Å²) in [5.41, 5.74) is 0. The molecule has 2 heteroatoms. The van der Waals surface area contributed by atoms with Crippen LogP contribution in [-0.2, 0) is 9.53 Å². The molecule has 0 radical (unpaired) electrons. The van der Waals surface area contributed by atoms with E-state index >= 15 is 0 Å². The zero-order valence-electron chi connectivity index (χ0n) is 11.4. The monoisotopic (exact) mass is 228 g/mol. The predicted octanol–water partition coefficient (Wildman–Crippen LogP) is 4.32. The fourth-order valence-corrected chi connectivity index (χ4v) is 2.15. The maximum absolute atomic E-state index is 10.9. The van der Waals surface area contributed by atoms with Crippen molar-refractivity contribution in [2.24, 2.45) is 5.92 Å². The molecule has 2 nitrogen and oxygen atoms in total. The van der Waals surface area contributed by atoms with E-state index < -0.39 is 0 Å². The lowest BCUT2D eigenvalue weighted by Gasteiger charge is -2.18. The Bertz CT molecular complexity index is 174. The second-order valence-electron chi connectivity index (χ2n) is 4.63. The van der Waals surface area contributed by atoms with E-state index in [0.29, 0.717) is 0 Å². The maximum atomic E-state index is 10.9. The van der Waals surface area contributed by atoms with Gasteiger partial charge in [0, 0.05) is 6.92 Å². The van der Waals surface area contributed by atoms with Crippen LogP contribution in [0.15, 0.2) is 0 Å². The second kappa shape index (κ2) is 9.68. The number of carbonyl (C=O) groups excluding carboxylic acids is 1. The maximum Gasteiger partial charge on any atom is 0.302 e. The van der Waals surface area contributed by atoms with Gasteiger partial charge in [0.1, 0.15) is 6.10 Å². The Hall–Kier alpha value is -0.530. The van der Waals surface area contributed by atoms with Crippen LogP contribution >= 0.6 is 0 Å². The van der Waals surface area contributed by atoms with Gasteiger partial charge in [-0.2, -0.15) is 0 Å². The first-order valence-electron chi connectivity index (χ1n) is 6.81. The summed E-state index contributed by atoms with van der Waals surface area (Å²) in [5, 5.41) is 0. The Morgan fingerprint density at radius 3 is 2.12 bits per heavy atom. The second-order valence-corrected chi connectivity index (χ2v) is 4.63. The zero-order valence-corrected chi connectivity index (χ0v) is 11.4. The molecule has 0 aromatic heterocycles. The summed E-state index contributed by atoms with van der Waals surface area (Å²) in [5.74, 6) is 0.709. The van der Waals surface area contributed by atoms with Crippen molar-refractivity contribution in [2.75, 3.05) is 0 Å². The molecule has 1 unspecified atom stereocenters. The molecule has 0 bridgehead atoms. The standard InChI is InChI=1S/C14H28O2/c1-5-9-14(16-12(4)15)11-8-10-13(6-2)7-3/h13-14H,5-11H2,1-4H3. The minimum absolute atomic E-state index is 0.138. The van der Waals surface area contributed by atoms with Crippen molar-refractivity contribution in [3.05, 3.63) is 0 Å². The predicted molar refractivity (Wildman–Crippen MR) is 68.4 cm³/mol. The first kappa shape index (κ1) is 15.5. The number of hydrogen-bond donors (Lipinski definition) is 0. The minimum Gasteiger partial charge on any atom is -0.463 e. The van der Waals surface area contributed by atoms with Crippen molar-refractivity contribution >= 4 is 5.97 Å². The van der Waals surface area contributed by atoms with Crippen LogP contribution in [0.5, 0.6) is 0 Å². The molecule has 0 aromatic rings. The van der Waals surface area contributed by atoms with Crippen LogP contribution in [0.3, 0.4) is 0 Å². The molecule has 0 rings (SSSR count). The summed E-state index contributed by atoms with van der Waals surface area (Å²) in [7, 11) is 0. The van der Waals surface area contributed by atoms with Crippen LogP contribution in [0.2, 0.25) is 0 Å². The quantitative estimate of drug-likeness (QED) is 0.549. The molecule has 0 N–H and O–H groups in total. The lowest BCUT2D eigenvalue weighted by molar-refractivity contribution is -0.147. The van der Waals surface area contributed by atoms with Gasteiger partial charge in [-0.1, -0.05) is 46.5 Å². The van der Waals surface area contributed by atoms with Gasteiger partial charge < -0.3 is 4.74 Å². The third-order valence-corrected chi connectivity index (χ3v) is 3.24. The highest BCUT2D eigenvalue weighted by atomic mass is 16.5. The van der Waals surface area contributed by atoms with Crippen molar-refractivity contribution in [3.8, 4) is 0 Å². The average Bonchev–Trinajstić information content (AvgIpc) is 2.24. The van der Waals surface area contributed by atoms with E-state index in [1.807, 2.05) is 0 Å². The lowest BCUT2D eigenvalue weighted by Crippen LogP contribution is -2.16. The normalized spacial score (nSPS) is 12.8. The van der Waals surface area contributed by atoms with Gasteiger partial charge in [-0.05, 0) is 25.2 Å². The number of carbonyl (C=O) groups is 1. The molecular weight excluding hydrogens is 200 g/mol. The summed E-state index contributed by atoms with van der Waals surface area (Å²) < 4.78 is 5.30. The first-order valence-corrected chi connectivity index (χ1v) is 6.81. The van der Waals surface area contributed by atoms with Gasteiger partial charge >= 0.3 is 5.97 Å². The van der Waals surface area contributed by atoms with E-state index in [2.05, 4.69) is 20.8 Å². The fourth-order valence-electron chi connectivity index (χ4n) is 2.15. The van der Waals surface area contributed by atoms with Crippen LogP contribution < -0.4 is 0 Å². The van der Waals surface area contributed by atoms with E-state index in [-0.39, 0.29) is 12.1 Å². The fraction of sp³-hybridized carbons (Fsp3) is 0.929. The molecule has 0 amide bonds. The van der Waals surface area contributed by atoms with Gasteiger partial charge in [-0.25, -0.2) is 0 Å². The average molecular weight is 228 g/mol. The largest absolute Gasteiger partial charge is 0.463 e. The number of ether oxygens (including phenoxy) is 1. The van der Waals surface area contributed by atoms with Gasteiger partial charge in [0.2, 0.25) is 0 Å². The third-order valence-electron chi connectivity index (χ3n) is 3.24. The number of rotatable bonds is 9. The Labute approximate surface area is 101 Å². The molecule has 16 heavy (non-hydrogen) atoms. The van der Waals surface area contributed by atoms with E-state index in [9.17, 15) is 4.79 Å². The van der Waals surface area contributed by atoms with Crippen molar-refractivity contribution in [3.63, 3.8) is 0 Å². The van der Waals surface area contributed by atoms with Crippen molar-refractivity contribution in [2.45, 2.75) is 78.7 Å². The summed E-state index contributed by atoms with van der Waals surface area (Å²) >= 11 is 0. The lowest BCUT2D eigenvalue weighted by atomic mass is 9.95. The zero-order chi connectivity index (χ0) is 12.4. The van der Waals surface area contributed by atoms with Crippen molar-refractivity contribution in [1.29, 1.82) is 0 Å². The molecule has 0 aliphatic rings. The molecule has 0 fully saturated rings. The van der Waals surface area contributed by atoms with Crippen LogP contribution in [0.4, 0.5) is 0 Å². The molecule has 0 saturated carbocycles. The summed E-state index contributed by atoms with van der Waals surface area (Å²) in [6.07, 6.45) is 8.26. The van der Waals surface area contributed by atoms with Crippen LogP contribution in [0, 0.1) is 5.92 Å². The first-order chi connectivity index (χ1) is 7.63. The smallest absolute Gasteiger partial charge is 0.302 e. The highest BCUT2D eigenvalue weighted by molar-refractivity contribution is 5.66. The SMILES string of the molecule is CCCC(CCCC(CC)CC)OC(C)=O. The van der Waals surface area contributed by atoms with E-state index in [4.69, 9.17) is 4.74 Å². The van der Waals surface area contributed by atoms with Gasteiger partial charge in [-0.3, -0.25) is 4.79 Å². The summed E-state index contributed by atoms with van der Waals surface area (Å²) in [6.45, 7) is 8.15. The molecule has 0 spiro atoms. The summed E-state index contributed by atoms with van der Waals surface area (Å²) in [4.78, 5) is 10.9. The van der Waals surface area contributed by atoms with Crippen molar-refractivity contribution in [1.82, 2.24) is 0 Å². The van der Waals surface area contributed by atoms with Gasteiger partial charge in [0.15, 0.2) is 0 Å². The highest BCUT2D eigenvalue weighted by Gasteiger charge is 2.11. The third kappa shape index (κ3) is 7.72. The molecular formula is C14H28O2. The molecule has 0 aliphatic carbocycles. The van der Waals surface area contributed by atoms with Gasteiger partial charge in [0.05, 0.1) is 0 Å². The molecule has 1 atom stereocenters. The topological polar surface area (TPSA) is 26.3 Å². The number of esters is 1. The van der Waals surface area contributed by atoms with Crippen LogP contribution in [0.1, 0.15) is 72.6 Å². The Kier molecular flexibility index (Phi) is 9.36. The van der Waals surface area contributed by atoms with E-state index in [1.165, 1.54) is 32.6 Å². The molecule has 0 saturated heterocycles. The van der Waals surface area contributed by atoms with Crippen LogP contribution in [-0.4, -0.2) is 12.1 Å². The van der Waals surface area contributed by atoms with Crippen LogP contribution in [0.25, 0.3) is 0 Å². The van der Waals surface area contributed by atoms with Gasteiger partial charge in [-0.15, -0.1) is 0 Å². The molecule has 0 heterocycles. The minimum atomic E-state index is -0.138. The summed E-state index contributed by atoms with van der Waals surface area (Å²) in [6, 6.07) is 0. The Balaban J connectivity index is 3.78. The molecule has 0 aliphatic heterocycles. The van der Waals surface area contributed by atoms with E-state index in [1.54, 1.807) is 0 Å². The molecule has 0 aromatic carbocycles. The van der Waals surface area contributed by atoms with Crippen molar-refractivity contribution < 1.29 is 9.53 Å². The number of hydrogen-bond acceptors (Lipinski definition) is 2. The Morgan fingerprint density at radius 2 is 1.69 bits per heavy atom. The van der Waals surface area contributed by atoms with E-state index in [0.717, 1.165) is 25.2 Å². The molecule has 96 valence electrons. The highest BCUT2D eigenvalue weighted by Crippen LogP contribution is 2.19. The Morgan fingerprint density at radius 1 is 1.06 bits per heavy atom.